The Labute approximate surface area is 60.0 Å². The summed E-state index contributed by atoms with van der Waals surface area (Å²) in [4.78, 5) is 10.3. The van der Waals surface area contributed by atoms with Gasteiger partial charge in [0.25, 0.3) is 0 Å². The lowest BCUT2D eigenvalue weighted by Crippen LogP contribution is -2.02. The monoisotopic (exact) mass is 144 g/mol. The van der Waals surface area contributed by atoms with E-state index in [0.29, 0.717) is 12.0 Å². The number of aliphatic carboxylic acids is 1. The van der Waals surface area contributed by atoms with E-state index in [1.54, 1.807) is 6.08 Å². The highest BCUT2D eigenvalue weighted by Crippen LogP contribution is 2.01. The lowest BCUT2D eigenvalue weighted by molar-refractivity contribution is -0.132. The normalized spacial score (nSPS) is 11.6. The van der Waals surface area contributed by atoms with E-state index in [0.717, 1.165) is 0 Å². The van der Waals surface area contributed by atoms with Crippen LogP contribution in [0.3, 0.4) is 0 Å². The van der Waals surface area contributed by atoms with Gasteiger partial charge in [0, 0.05) is 18.6 Å². The molecule has 0 heterocycles. The van der Waals surface area contributed by atoms with Crippen LogP contribution >= 0.6 is 0 Å². The second-order valence-electron chi connectivity index (χ2n) is 1.92. The van der Waals surface area contributed by atoms with Gasteiger partial charge in [-0.3, -0.25) is 0 Å². The van der Waals surface area contributed by atoms with Crippen molar-refractivity contribution in [3.05, 3.63) is 11.6 Å². The van der Waals surface area contributed by atoms with E-state index in [2.05, 4.69) is 0 Å². The Bertz CT molecular complexity index is 138. The van der Waals surface area contributed by atoms with Gasteiger partial charge in [0.15, 0.2) is 0 Å². The van der Waals surface area contributed by atoms with Gasteiger partial charge < -0.3 is 10.2 Å². The fraction of sp³-hybridized carbons (Fsp3) is 0.571. The van der Waals surface area contributed by atoms with Gasteiger partial charge in [0.05, 0.1) is 0 Å². The first kappa shape index (κ1) is 9.17. The molecule has 0 aromatic carbocycles. The largest absolute Gasteiger partial charge is 0.478 e. The third-order valence-corrected chi connectivity index (χ3v) is 1.11. The summed E-state index contributed by atoms with van der Waals surface area (Å²) in [5, 5.41) is 16.9. The molecule has 0 unspecified atom stereocenters. The smallest absolute Gasteiger partial charge is 0.331 e. The molecule has 3 heteroatoms. The van der Waals surface area contributed by atoms with E-state index in [1.165, 1.54) is 0 Å². The van der Waals surface area contributed by atoms with Crippen molar-refractivity contribution >= 4 is 5.97 Å². The maximum atomic E-state index is 10.3. The molecule has 0 amide bonds. The van der Waals surface area contributed by atoms with Gasteiger partial charge in [-0.2, -0.15) is 0 Å². The molecule has 0 saturated carbocycles. The van der Waals surface area contributed by atoms with Crippen molar-refractivity contribution in [3.63, 3.8) is 0 Å². The molecule has 2 N–H and O–H groups in total. The van der Waals surface area contributed by atoms with Crippen molar-refractivity contribution in [2.75, 3.05) is 6.61 Å². The zero-order chi connectivity index (χ0) is 7.98. The Morgan fingerprint density at radius 2 is 2.20 bits per heavy atom. The summed E-state index contributed by atoms with van der Waals surface area (Å²) in [6.07, 6.45) is 2.54. The van der Waals surface area contributed by atoms with Gasteiger partial charge in [-0.15, -0.1) is 0 Å². The predicted octanol–water partition coefficient (Wildman–Crippen LogP) is 0.790. The average molecular weight is 144 g/mol. The molecule has 3 nitrogen and oxygen atoms in total. The molecule has 0 spiro atoms. The molecule has 0 aromatic heterocycles. The van der Waals surface area contributed by atoms with E-state index in [4.69, 9.17) is 10.2 Å². The zero-order valence-electron chi connectivity index (χ0n) is 6.00. The van der Waals surface area contributed by atoms with Crippen LogP contribution in [-0.4, -0.2) is 22.8 Å². The number of carbonyl (C=O) groups is 1. The molecule has 0 radical (unpaired) electrons. The summed E-state index contributed by atoms with van der Waals surface area (Å²) in [6, 6.07) is 0. The maximum Gasteiger partial charge on any atom is 0.331 e. The average Bonchev–Trinajstić information content (AvgIpc) is 1.87. The van der Waals surface area contributed by atoms with E-state index < -0.39 is 5.97 Å². The molecule has 0 aliphatic carbocycles. The Hall–Kier alpha value is -0.830. The number of rotatable bonds is 4. The molecule has 58 valence electrons. The van der Waals surface area contributed by atoms with Crippen molar-refractivity contribution in [1.82, 2.24) is 0 Å². The standard InChI is InChI=1S/C7H12O3/c1-2-3-6(4-5-8)7(9)10/h3,8H,2,4-5H2,1H3,(H,9,10)/b6-3-. The van der Waals surface area contributed by atoms with Crippen LogP contribution in [0, 0.1) is 0 Å². The van der Waals surface area contributed by atoms with E-state index in [-0.39, 0.29) is 13.0 Å². The Morgan fingerprint density at radius 1 is 1.60 bits per heavy atom. The summed E-state index contributed by atoms with van der Waals surface area (Å²) in [6.45, 7) is 1.76. The minimum atomic E-state index is -0.934. The predicted molar refractivity (Wildman–Crippen MR) is 37.7 cm³/mol. The maximum absolute atomic E-state index is 10.3. The van der Waals surface area contributed by atoms with E-state index >= 15 is 0 Å². The third kappa shape index (κ3) is 3.25. The van der Waals surface area contributed by atoms with Gasteiger partial charge in [-0.25, -0.2) is 4.79 Å². The molecular weight excluding hydrogens is 132 g/mol. The topological polar surface area (TPSA) is 57.5 Å². The fourth-order valence-corrected chi connectivity index (χ4v) is 0.663. The molecule has 0 atom stereocenters. The van der Waals surface area contributed by atoms with Crippen molar-refractivity contribution in [2.45, 2.75) is 19.8 Å². The van der Waals surface area contributed by atoms with Crippen molar-refractivity contribution in [3.8, 4) is 0 Å². The Balaban J connectivity index is 3.98. The molecular formula is C7H12O3. The highest BCUT2D eigenvalue weighted by atomic mass is 16.4. The summed E-state index contributed by atoms with van der Waals surface area (Å²) in [5.74, 6) is -0.934. The van der Waals surface area contributed by atoms with E-state index in [9.17, 15) is 4.79 Å². The highest BCUT2D eigenvalue weighted by molar-refractivity contribution is 5.86. The number of hydrogen-bond donors (Lipinski definition) is 2. The number of carboxylic acid groups (broad SMARTS) is 1. The minimum Gasteiger partial charge on any atom is -0.478 e. The zero-order valence-corrected chi connectivity index (χ0v) is 6.00. The summed E-state index contributed by atoms with van der Waals surface area (Å²) in [7, 11) is 0. The number of aliphatic hydroxyl groups excluding tert-OH is 1. The second kappa shape index (κ2) is 4.99. The van der Waals surface area contributed by atoms with Gasteiger partial charge in [0.1, 0.15) is 0 Å². The van der Waals surface area contributed by atoms with Crippen LogP contribution in [0.15, 0.2) is 11.6 Å². The fourth-order valence-electron chi connectivity index (χ4n) is 0.663. The number of hydrogen-bond acceptors (Lipinski definition) is 2. The van der Waals surface area contributed by atoms with Gasteiger partial charge in [-0.1, -0.05) is 13.0 Å². The van der Waals surface area contributed by atoms with Crippen LogP contribution in [0.25, 0.3) is 0 Å². The van der Waals surface area contributed by atoms with Crippen LogP contribution in [0.4, 0.5) is 0 Å². The first-order chi connectivity index (χ1) is 4.72. The second-order valence-corrected chi connectivity index (χ2v) is 1.92. The summed E-state index contributed by atoms with van der Waals surface area (Å²) < 4.78 is 0. The van der Waals surface area contributed by atoms with Crippen molar-refractivity contribution in [1.29, 1.82) is 0 Å². The molecule has 0 aliphatic rings. The first-order valence-corrected chi connectivity index (χ1v) is 3.25. The van der Waals surface area contributed by atoms with Gasteiger partial charge in [-0.05, 0) is 6.42 Å². The molecule has 10 heavy (non-hydrogen) atoms. The molecule has 0 aliphatic heterocycles. The molecule has 0 rings (SSSR count). The quantitative estimate of drug-likeness (QED) is 0.573. The van der Waals surface area contributed by atoms with Crippen LogP contribution < -0.4 is 0 Å². The van der Waals surface area contributed by atoms with E-state index in [1.807, 2.05) is 6.92 Å². The number of aliphatic hydroxyl groups is 1. The Morgan fingerprint density at radius 3 is 2.50 bits per heavy atom. The highest BCUT2D eigenvalue weighted by Gasteiger charge is 2.03. The van der Waals surface area contributed by atoms with Crippen LogP contribution in [0.1, 0.15) is 19.8 Å². The summed E-state index contributed by atoms with van der Waals surface area (Å²) >= 11 is 0. The minimum absolute atomic E-state index is 0.0991. The molecule has 0 aromatic rings. The Kier molecular flexibility index (Phi) is 4.58. The number of allylic oxidation sites excluding steroid dienone is 1. The molecule has 0 bridgehead atoms. The molecule has 0 fully saturated rings. The van der Waals surface area contributed by atoms with Crippen molar-refractivity contribution in [2.24, 2.45) is 0 Å². The van der Waals surface area contributed by atoms with Crippen LogP contribution in [-0.2, 0) is 4.79 Å². The van der Waals surface area contributed by atoms with Crippen LogP contribution in [0.2, 0.25) is 0 Å². The van der Waals surface area contributed by atoms with Crippen molar-refractivity contribution < 1.29 is 15.0 Å². The lowest BCUT2D eigenvalue weighted by Gasteiger charge is -1.96. The molecule has 0 saturated heterocycles. The van der Waals surface area contributed by atoms with Gasteiger partial charge >= 0.3 is 5.97 Å². The third-order valence-electron chi connectivity index (χ3n) is 1.11. The first-order valence-electron chi connectivity index (χ1n) is 3.25. The SMILES string of the molecule is CC/C=C(/CCO)C(=O)O. The van der Waals surface area contributed by atoms with Gasteiger partial charge in [0.2, 0.25) is 0 Å². The lowest BCUT2D eigenvalue weighted by atomic mass is 10.2. The van der Waals surface area contributed by atoms with Crippen LogP contribution in [0.5, 0.6) is 0 Å². The summed E-state index contributed by atoms with van der Waals surface area (Å²) in [5.41, 5.74) is 0.296. The number of carboxylic acids is 1.